The molecule has 4 nitrogen and oxygen atoms in total. The van der Waals surface area contributed by atoms with Gasteiger partial charge in [-0.3, -0.25) is 4.57 Å². The van der Waals surface area contributed by atoms with E-state index in [1.807, 2.05) is 48.8 Å². The average Bonchev–Trinajstić information content (AvgIpc) is 3.70. The third-order valence-corrected chi connectivity index (χ3v) is 10.3. The number of hydrogen-bond acceptors (Lipinski definition) is 3. The molecule has 0 radical (unpaired) electrons. The molecule has 8 aromatic carbocycles. The first-order valence-electron chi connectivity index (χ1n) is 18.5. The van der Waals surface area contributed by atoms with Crippen molar-refractivity contribution in [3.63, 3.8) is 0 Å². The molecule has 0 fully saturated rings. The zero-order valence-corrected chi connectivity index (χ0v) is 29.9. The van der Waals surface area contributed by atoms with Gasteiger partial charge in [0, 0.05) is 22.4 Å². The van der Waals surface area contributed by atoms with E-state index in [0.29, 0.717) is 5.82 Å². The predicted molar refractivity (Wildman–Crippen MR) is 227 cm³/mol. The Morgan fingerprint density at radius 2 is 0.909 bits per heavy atom. The van der Waals surface area contributed by atoms with Gasteiger partial charge < -0.3 is 0 Å². The lowest BCUT2D eigenvalue weighted by molar-refractivity contribution is 1.09. The molecule has 10 rings (SSSR count). The molecule has 0 saturated heterocycles. The lowest BCUT2D eigenvalue weighted by Crippen LogP contribution is -1.96. The molecular weight excluding hydrogens is 669 g/mol. The molecule has 0 bridgehead atoms. The minimum atomic E-state index is 0.708. The number of imidazole rings is 1. The van der Waals surface area contributed by atoms with Crippen LogP contribution >= 0.6 is 0 Å². The van der Waals surface area contributed by atoms with E-state index in [-0.39, 0.29) is 0 Å². The maximum Gasteiger partial charge on any atom is 0.160 e. The Morgan fingerprint density at radius 1 is 0.364 bits per heavy atom. The maximum absolute atomic E-state index is 5.02. The molecule has 0 atom stereocenters. The van der Waals surface area contributed by atoms with Gasteiger partial charge in [-0.2, -0.15) is 0 Å². The summed E-state index contributed by atoms with van der Waals surface area (Å²) in [6.07, 6.45) is 1.90. The number of hydrogen-bond donors (Lipinski definition) is 0. The monoisotopic (exact) mass is 702 g/mol. The second-order valence-corrected chi connectivity index (χ2v) is 13.7. The second-order valence-electron chi connectivity index (χ2n) is 13.7. The fourth-order valence-corrected chi connectivity index (χ4v) is 7.45. The summed E-state index contributed by atoms with van der Waals surface area (Å²) >= 11 is 0. The molecule has 0 amide bonds. The summed E-state index contributed by atoms with van der Waals surface area (Å²) < 4.78 is 2.13. The van der Waals surface area contributed by atoms with Crippen molar-refractivity contribution in [3.8, 4) is 73.0 Å². The predicted octanol–water partition coefficient (Wildman–Crippen LogP) is 13.0. The average molecular weight is 703 g/mol. The lowest BCUT2D eigenvalue weighted by atomic mass is 9.94. The molecule has 4 heteroatoms. The molecule has 0 aliphatic heterocycles. The van der Waals surface area contributed by atoms with Gasteiger partial charge in [-0.1, -0.05) is 164 Å². The van der Waals surface area contributed by atoms with Crippen LogP contribution in [0.1, 0.15) is 0 Å². The smallest absolute Gasteiger partial charge is 0.160 e. The molecule has 0 saturated carbocycles. The topological polar surface area (TPSA) is 43.6 Å². The highest BCUT2D eigenvalue weighted by Crippen LogP contribution is 2.35. The van der Waals surface area contributed by atoms with Gasteiger partial charge in [0.2, 0.25) is 0 Å². The second kappa shape index (κ2) is 13.8. The Labute approximate surface area is 319 Å². The van der Waals surface area contributed by atoms with E-state index in [2.05, 4.69) is 162 Å². The molecule has 258 valence electrons. The largest absolute Gasteiger partial charge is 0.299 e. The van der Waals surface area contributed by atoms with Crippen molar-refractivity contribution in [1.29, 1.82) is 0 Å². The molecule has 0 unspecified atom stereocenters. The van der Waals surface area contributed by atoms with Crippen molar-refractivity contribution in [1.82, 2.24) is 19.5 Å². The number of nitrogens with zero attached hydrogens (tertiary/aromatic N) is 4. The van der Waals surface area contributed by atoms with Gasteiger partial charge in [0.15, 0.2) is 5.82 Å². The quantitative estimate of drug-likeness (QED) is 0.166. The number of rotatable bonds is 7. The minimum absolute atomic E-state index is 0.708. The Morgan fingerprint density at radius 3 is 1.56 bits per heavy atom. The molecule has 55 heavy (non-hydrogen) atoms. The van der Waals surface area contributed by atoms with Gasteiger partial charge in [0.1, 0.15) is 6.33 Å². The molecule has 0 aliphatic rings. The van der Waals surface area contributed by atoms with Crippen LogP contribution in [0, 0.1) is 0 Å². The maximum atomic E-state index is 5.02. The lowest BCUT2D eigenvalue weighted by Gasteiger charge is -2.12. The van der Waals surface area contributed by atoms with Crippen LogP contribution in [0.15, 0.2) is 207 Å². The summed E-state index contributed by atoms with van der Waals surface area (Å²) in [4.78, 5) is 14.7. The first-order chi connectivity index (χ1) is 27.2. The number of benzene rings is 8. The highest BCUT2D eigenvalue weighted by molar-refractivity contribution is 5.99. The minimum Gasteiger partial charge on any atom is -0.299 e. The van der Waals surface area contributed by atoms with Crippen molar-refractivity contribution in [2.24, 2.45) is 0 Å². The normalized spacial score (nSPS) is 11.3. The Hall–Kier alpha value is -7.43. The van der Waals surface area contributed by atoms with Crippen LogP contribution in [-0.4, -0.2) is 19.5 Å². The van der Waals surface area contributed by atoms with Crippen LogP contribution in [0.5, 0.6) is 0 Å². The summed E-state index contributed by atoms with van der Waals surface area (Å²) in [6, 6.07) is 70.3. The van der Waals surface area contributed by atoms with Crippen LogP contribution < -0.4 is 0 Å². The fraction of sp³-hybridized carbons (Fsp3) is 0. The fourth-order valence-electron chi connectivity index (χ4n) is 7.45. The van der Waals surface area contributed by atoms with Crippen molar-refractivity contribution in [3.05, 3.63) is 207 Å². The van der Waals surface area contributed by atoms with E-state index in [1.165, 1.54) is 33.0 Å². The summed E-state index contributed by atoms with van der Waals surface area (Å²) in [5.41, 5.74) is 15.1. The van der Waals surface area contributed by atoms with E-state index < -0.39 is 0 Å². The summed E-state index contributed by atoms with van der Waals surface area (Å²) in [5.74, 6) is 0.708. The Balaban J connectivity index is 0.924. The SMILES string of the molecule is c1ccc(-c2cc(-c3ccccc3)nc(-c3ccc(-c4cccc5cc(-c6ccc(-c7ccc8c(c7)ncn8-c7ccccc7)cc6)ccc45)cc3)n2)cc1. The highest BCUT2D eigenvalue weighted by atomic mass is 15.0. The van der Waals surface area contributed by atoms with Gasteiger partial charge in [0.25, 0.3) is 0 Å². The van der Waals surface area contributed by atoms with Crippen LogP contribution in [0.4, 0.5) is 0 Å². The van der Waals surface area contributed by atoms with E-state index in [4.69, 9.17) is 15.0 Å². The van der Waals surface area contributed by atoms with E-state index in [1.54, 1.807) is 0 Å². The molecule has 0 spiro atoms. The van der Waals surface area contributed by atoms with Gasteiger partial charge >= 0.3 is 0 Å². The third kappa shape index (κ3) is 6.26. The summed E-state index contributed by atoms with van der Waals surface area (Å²) in [7, 11) is 0. The number of para-hydroxylation sites is 1. The third-order valence-electron chi connectivity index (χ3n) is 10.3. The van der Waals surface area contributed by atoms with Crippen molar-refractivity contribution < 1.29 is 0 Å². The van der Waals surface area contributed by atoms with E-state index >= 15 is 0 Å². The molecular formula is C51H34N4. The Kier molecular flexibility index (Phi) is 8.12. The molecule has 0 aliphatic carbocycles. The molecule has 2 aromatic heterocycles. The van der Waals surface area contributed by atoms with Gasteiger partial charge in [0.05, 0.1) is 22.4 Å². The van der Waals surface area contributed by atoms with Gasteiger partial charge in [-0.25, -0.2) is 15.0 Å². The molecule has 10 aromatic rings. The van der Waals surface area contributed by atoms with Gasteiger partial charge in [-0.05, 0) is 80.6 Å². The van der Waals surface area contributed by atoms with Crippen LogP contribution in [0.2, 0.25) is 0 Å². The molecule has 0 N–H and O–H groups in total. The van der Waals surface area contributed by atoms with E-state index in [9.17, 15) is 0 Å². The number of aromatic nitrogens is 4. The summed E-state index contributed by atoms with van der Waals surface area (Å²) in [6.45, 7) is 0. The van der Waals surface area contributed by atoms with Crippen molar-refractivity contribution in [2.75, 3.05) is 0 Å². The van der Waals surface area contributed by atoms with Crippen molar-refractivity contribution >= 4 is 21.8 Å². The van der Waals surface area contributed by atoms with E-state index in [0.717, 1.165) is 55.9 Å². The first-order valence-corrected chi connectivity index (χ1v) is 18.5. The van der Waals surface area contributed by atoms with Crippen LogP contribution in [0.3, 0.4) is 0 Å². The summed E-state index contributed by atoms with van der Waals surface area (Å²) in [5, 5.41) is 2.42. The van der Waals surface area contributed by atoms with Crippen molar-refractivity contribution in [2.45, 2.75) is 0 Å². The molecule has 2 heterocycles. The zero-order valence-electron chi connectivity index (χ0n) is 29.9. The standard InChI is InChI=1S/C51H34N4/c1-4-11-38(12-5-1)47-33-48(39-13-6-2-7-14-39)54-51(53-47)40-25-23-37(24-26-40)45-18-10-15-43-31-41(27-29-46(43)45)35-19-21-36(22-20-35)42-28-30-50-49(32-42)52-34-55(50)44-16-8-3-9-17-44/h1-34H. The highest BCUT2D eigenvalue weighted by Gasteiger charge is 2.13. The van der Waals surface area contributed by atoms with Gasteiger partial charge in [-0.15, -0.1) is 0 Å². The van der Waals surface area contributed by atoms with Crippen LogP contribution in [-0.2, 0) is 0 Å². The Bertz CT molecular complexity index is 2880. The van der Waals surface area contributed by atoms with Crippen LogP contribution in [0.25, 0.3) is 94.8 Å². The zero-order chi connectivity index (χ0) is 36.6. The number of fused-ring (bicyclic) bond motifs is 2. The first kappa shape index (κ1) is 32.2.